The van der Waals surface area contributed by atoms with Gasteiger partial charge in [-0.3, -0.25) is 19.3 Å². The third kappa shape index (κ3) is 5.74. The first-order valence-corrected chi connectivity index (χ1v) is 11.6. The zero-order chi connectivity index (χ0) is 22.5. The van der Waals surface area contributed by atoms with Crippen LogP contribution in [0.4, 0.5) is 4.79 Å². The van der Waals surface area contributed by atoms with Crippen LogP contribution in [0.1, 0.15) is 45.1 Å². The molecule has 31 heavy (non-hydrogen) atoms. The van der Waals surface area contributed by atoms with Crippen molar-refractivity contribution in [3.05, 3.63) is 27.6 Å². The number of hydrogen-bond acceptors (Lipinski definition) is 6. The van der Waals surface area contributed by atoms with E-state index in [9.17, 15) is 14.4 Å². The molecule has 0 aromatic heterocycles. The summed E-state index contributed by atoms with van der Waals surface area (Å²) in [5, 5.41) is -0.105. The van der Waals surface area contributed by atoms with Crippen LogP contribution in [-0.2, 0) is 9.59 Å². The van der Waals surface area contributed by atoms with E-state index in [2.05, 4.69) is 0 Å². The van der Waals surface area contributed by atoms with E-state index in [0.29, 0.717) is 35.2 Å². The van der Waals surface area contributed by atoms with Crippen molar-refractivity contribution >= 4 is 46.5 Å². The molecule has 2 heterocycles. The molecule has 2 saturated heterocycles. The summed E-state index contributed by atoms with van der Waals surface area (Å²) >= 11 is 7.17. The Morgan fingerprint density at radius 1 is 1.19 bits per heavy atom. The molecule has 0 radical (unpaired) electrons. The lowest BCUT2D eigenvalue weighted by atomic mass is 10.1. The van der Waals surface area contributed by atoms with Crippen molar-refractivity contribution in [3.8, 4) is 11.5 Å². The molecule has 7 nitrogen and oxygen atoms in total. The van der Waals surface area contributed by atoms with Gasteiger partial charge in [0.05, 0.1) is 23.1 Å². The number of imide groups is 1. The van der Waals surface area contributed by atoms with Gasteiger partial charge in [0.15, 0.2) is 11.5 Å². The lowest BCUT2D eigenvalue weighted by Gasteiger charge is -2.22. The minimum atomic E-state index is -0.476. The number of carbonyl (C=O) groups is 3. The van der Waals surface area contributed by atoms with Crippen LogP contribution >= 0.6 is 23.4 Å². The van der Waals surface area contributed by atoms with E-state index in [1.807, 2.05) is 13.8 Å². The zero-order valence-corrected chi connectivity index (χ0v) is 19.6. The molecule has 2 aliphatic heterocycles. The first kappa shape index (κ1) is 23.5. The number of methoxy groups -OCH3 is 1. The maximum absolute atomic E-state index is 12.8. The van der Waals surface area contributed by atoms with Gasteiger partial charge in [-0.15, -0.1) is 0 Å². The van der Waals surface area contributed by atoms with E-state index in [1.165, 1.54) is 7.11 Å². The molecule has 0 aliphatic carbocycles. The molecule has 3 amide bonds. The summed E-state index contributed by atoms with van der Waals surface area (Å²) in [6, 6.07) is 3.35. The first-order chi connectivity index (χ1) is 14.8. The van der Waals surface area contributed by atoms with E-state index in [0.717, 1.165) is 42.3 Å². The van der Waals surface area contributed by atoms with Gasteiger partial charge in [0.25, 0.3) is 11.1 Å². The average molecular weight is 467 g/mol. The van der Waals surface area contributed by atoms with Gasteiger partial charge in [-0.2, -0.15) is 0 Å². The van der Waals surface area contributed by atoms with Gasteiger partial charge in [-0.1, -0.05) is 24.4 Å². The fraction of sp³-hybridized carbons (Fsp3) is 0.500. The largest absolute Gasteiger partial charge is 0.493 e. The first-order valence-electron chi connectivity index (χ1n) is 10.4. The molecule has 0 bridgehead atoms. The Balaban J connectivity index is 1.76. The summed E-state index contributed by atoms with van der Waals surface area (Å²) in [7, 11) is 1.50. The normalized spacial score (nSPS) is 18.7. The number of likely N-dealkylation sites (tertiary alicyclic amines) is 1. The number of rotatable bonds is 6. The Hall–Kier alpha value is -2.19. The Bertz CT molecular complexity index is 894. The molecular weight excluding hydrogens is 440 g/mol. The zero-order valence-electron chi connectivity index (χ0n) is 18.0. The minimum Gasteiger partial charge on any atom is -0.493 e. The molecule has 1 aromatic carbocycles. The van der Waals surface area contributed by atoms with Crippen molar-refractivity contribution in [2.45, 2.75) is 45.6 Å². The molecule has 0 atom stereocenters. The van der Waals surface area contributed by atoms with Crippen LogP contribution in [0.3, 0.4) is 0 Å². The van der Waals surface area contributed by atoms with Crippen LogP contribution < -0.4 is 9.47 Å². The summed E-state index contributed by atoms with van der Waals surface area (Å²) in [6.07, 6.45) is 5.59. The lowest BCUT2D eigenvalue weighted by molar-refractivity contribution is -0.135. The average Bonchev–Trinajstić information content (AvgIpc) is 2.92. The van der Waals surface area contributed by atoms with Crippen molar-refractivity contribution in [1.82, 2.24) is 9.80 Å². The van der Waals surface area contributed by atoms with Gasteiger partial charge in [-0.05, 0) is 62.2 Å². The van der Waals surface area contributed by atoms with E-state index < -0.39 is 11.1 Å². The Morgan fingerprint density at radius 2 is 1.87 bits per heavy atom. The fourth-order valence-electron chi connectivity index (χ4n) is 3.52. The fourth-order valence-corrected chi connectivity index (χ4v) is 4.62. The Kier molecular flexibility index (Phi) is 7.89. The highest BCUT2D eigenvalue weighted by Gasteiger charge is 2.37. The van der Waals surface area contributed by atoms with Gasteiger partial charge in [0, 0.05) is 13.1 Å². The number of carbonyl (C=O) groups excluding carboxylic acids is 3. The molecule has 0 spiro atoms. The predicted octanol–water partition coefficient (Wildman–Crippen LogP) is 4.57. The third-order valence-electron chi connectivity index (χ3n) is 5.03. The molecule has 9 heteroatoms. The topological polar surface area (TPSA) is 76.2 Å². The highest BCUT2D eigenvalue weighted by molar-refractivity contribution is 8.18. The standard InChI is InChI=1S/C22H27ClN2O5S/c1-14(2)30-20-16(23)10-15(11-17(20)29-3)12-18-21(27)25(22(28)31-18)13-19(26)24-8-6-4-5-7-9-24/h10-12,14H,4-9,13H2,1-3H3. The molecule has 0 unspecified atom stereocenters. The number of halogens is 1. The molecule has 3 rings (SSSR count). The number of nitrogens with zero attached hydrogens (tertiary/aromatic N) is 2. The number of thioether (sulfide) groups is 1. The smallest absolute Gasteiger partial charge is 0.294 e. The molecule has 2 fully saturated rings. The van der Waals surface area contributed by atoms with E-state index in [-0.39, 0.29) is 23.5 Å². The minimum absolute atomic E-state index is 0.0875. The lowest BCUT2D eigenvalue weighted by Crippen LogP contribution is -2.42. The van der Waals surface area contributed by atoms with Gasteiger partial charge in [0.1, 0.15) is 6.54 Å². The number of benzene rings is 1. The Morgan fingerprint density at radius 3 is 2.48 bits per heavy atom. The van der Waals surface area contributed by atoms with Crippen molar-refractivity contribution in [2.24, 2.45) is 0 Å². The van der Waals surface area contributed by atoms with Gasteiger partial charge in [-0.25, -0.2) is 0 Å². The SMILES string of the molecule is COc1cc(C=C2SC(=O)N(CC(=O)N3CCCCCC3)C2=O)cc(Cl)c1OC(C)C. The van der Waals surface area contributed by atoms with Crippen LogP contribution in [0.5, 0.6) is 11.5 Å². The second-order valence-corrected chi connectivity index (χ2v) is 9.16. The van der Waals surface area contributed by atoms with Gasteiger partial charge in [0.2, 0.25) is 5.91 Å². The molecule has 2 aliphatic rings. The van der Waals surface area contributed by atoms with Gasteiger partial charge >= 0.3 is 0 Å². The number of ether oxygens (including phenoxy) is 2. The van der Waals surface area contributed by atoms with E-state index in [1.54, 1.807) is 23.1 Å². The third-order valence-corrected chi connectivity index (χ3v) is 6.22. The van der Waals surface area contributed by atoms with Crippen molar-refractivity contribution in [3.63, 3.8) is 0 Å². The van der Waals surface area contributed by atoms with E-state index >= 15 is 0 Å². The second kappa shape index (κ2) is 10.4. The monoisotopic (exact) mass is 466 g/mol. The van der Waals surface area contributed by atoms with Crippen molar-refractivity contribution in [1.29, 1.82) is 0 Å². The predicted molar refractivity (Wildman–Crippen MR) is 121 cm³/mol. The van der Waals surface area contributed by atoms with Crippen LogP contribution in [0, 0.1) is 0 Å². The van der Waals surface area contributed by atoms with Crippen molar-refractivity contribution < 1.29 is 23.9 Å². The maximum Gasteiger partial charge on any atom is 0.294 e. The van der Waals surface area contributed by atoms with Gasteiger partial charge < -0.3 is 14.4 Å². The van der Waals surface area contributed by atoms with Crippen molar-refractivity contribution in [2.75, 3.05) is 26.7 Å². The Labute approximate surface area is 191 Å². The van der Waals surface area contributed by atoms with Crippen LogP contribution in [0.25, 0.3) is 6.08 Å². The molecule has 168 valence electrons. The summed E-state index contributed by atoms with van der Waals surface area (Å²) in [5.41, 5.74) is 0.599. The quantitative estimate of drug-likeness (QED) is 0.571. The number of amides is 3. The highest BCUT2D eigenvalue weighted by atomic mass is 35.5. The second-order valence-electron chi connectivity index (χ2n) is 7.76. The maximum atomic E-state index is 12.8. The molecular formula is C22H27ClN2O5S. The van der Waals surface area contributed by atoms with Crippen LogP contribution in [0.15, 0.2) is 17.0 Å². The van der Waals surface area contributed by atoms with Crippen LogP contribution in [-0.4, -0.2) is 59.7 Å². The highest BCUT2D eigenvalue weighted by Crippen LogP contribution is 2.39. The van der Waals surface area contributed by atoms with E-state index in [4.69, 9.17) is 21.1 Å². The molecule has 0 N–H and O–H groups in total. The summed E-state index contributed by atoms with van der Waals surface area (Å²) in [5.74, 6) is 0.191. The molecule has 1 aromatic rings. The number of hydrogen-bond donors (Lipinski definition) is 0. The summed E-state index contributed by atoms with van der Waals surface area (Å²) in [6.45, 7) is 4.88. The van der Waals surface area contributed by atoms with Crippen LogP contribution in [0.2, 0.25) is 5.02 Å². The molecule has 0 saturated carbocycles. The summed E-state index contributed by atoms with van der Waals surface area (Å²) < 4.78 is 11.1. The summed E-state index contributed by atoms with van der Waals surface area (Å²) in [4.78, 5) is 40.9.